The molecule has 1 saturated heterocycles. The fourth-order valence-electron chi connectivity index (χ4n) is 5.73. The van der Waals surface area contributed by atoms with Gasteiger partial charge in [-0.05, 0) is 36.6 Å². The quantitative estimate of drug-likeness (QED) is 0.114. The van der Waals surface area contributed by atoms with Gasteiger partial charge in [0.15, 0.2) is 0 Å². The third-order valence-electron chi connectivity index (χ3n) is 8.34. The number of pyridine rings is 1. The monoisotopic (exact) mass is 792 g/mol. The maximum Gasteiger partial charge on any atom is 3.00 e. The molecule has 3 rings (SSSR count). The van der Waals surface area contributed by atoms with Crippen molar-refractivity contribution >= 4 is 49.9 Å². The number of carbonyl (C=O) groups is 5. The van der Waals surface area contributed by atoms with Gasteiger partial charge >= 0.3 is 31.9 Å². The van der Waals surface area contributed by atoms with Crippen LogP contribution in [-0.2, 0) is 31.8 Å². The summed E-state index contributed by atoms with van der Waals surface area (Å²) in [5.41, 5.74) is -0.0480. The summed E-state index contributed by atoms with van der Waals surface area (Å²) in [6, 6.07) is 6.76. The first-order valence-electron chi connectivity index (χ1n) is 16.1. The van der Waals surface area contributed by atoms with Gasteiger partial charge in [0.05, 0.1) is 35.3 Å². The molecular weight excluding hydrogens is 751 g/mol. The summed E-state index contributed by atoms with van der Waals surface area (Å²) in [5, 5.41) is 35.6. The van der Waals surface area contributed by atoms with Gasteiger partial charge < -0.3 is 40.5 Å². The summed E-state index contributed by atoms with van der Waals surface area (Å²) in [4.78, 5) is 70.4. The molecule has 1 fully saturated rings. The topological polar surface area (TPSA) is 220 Å². The van der Waals surface area contributed by atoms with E-state index in [9.17, 15) is 52.5 Å². The molecule has 1 amide bonds. The van der Waals surface area contributed by atoms with Crippen LogP contribution < -0.4 is 15.5 Å². The Bertz CT molecular complexity index is 1470. The molecule has 1 aromatic heterocycles. The first-order valence-corrected chi connectivity index (χ1v) is 16.1. The zero-order chi connectivity index (χ0) is 36.7. The average molecular weight is 793 g/mol. The van der Waals surface area contributed by atoms with Gasteiger partial charge in [-0.1, -0.05) is 18.2 Å². The summed E-state index contributed by atoms with van der Waals surface area (Å²) in [6.45, 7) is 0.948. The van der Waals surface area contributed by atoms with E-state index < -0.39 is 48.1 Å². The Balaban J connectivity index is 0.00000676. The summed E-state index contributed by atoms with van der Waals surface area (Å²) in [5.74, 6) is -4.29. The van der Waals surface area contributed by atoms with E-state index in [1.54, 1.807) is 19.6 Å². The Kier molecular flexibility index (Phi) is 20.4. The van der Waals surface area contributed by atoms with E-state index in [0.29, 0.717) is 18.4 Å². The van der Waals surface area contributed by atoms with Crippen LogP contribution in [0.2, 0.25) is 0 Å². The zero-order valence-electron chi connectivity index (χ0n) is 28.5. The van der Waals surface area contributed by atoms with E-state index in [4.69, 9.17) is 0 Å². The SMILES string of the molecule is O=CCN1CCN(CC(=O)[O-])CCN(CC(=O)[O-])CCN(C(CCCNC(=O)c2cccnc2Cc2cccc(C(F)(F)F)c2)C(=O)O)CC1.[Ga+3].[OH-]. The molecule has 1 unspecified atom stereocenters. The fourth-order valence-corrected chi connectivity index (χ4v) is 5.73. The van der Waals surface area contributed by atoms with Crippen LogP contribution in [0.3, 0.4) is 0 Å². The van der Waals surface area contributed by atoms with Gasteiger partial charge in [-0.15, -0.1) is 0 Å². The van der Waals surface area contributed by atoms with Crippen LogP contribution in [0.1, 0.15) is 40.0 Å². The number of rotatable bonds is 15. The number of benzene rings is 1. The summed E-state index contributed by atoms with van der Waals surface area (Å²) in [7, 11) is 0. The van der Waals surface area contributed by atoms with E-state index in [1.165, 1.54) is 30.5 Å². The summed E-state index contributed by atoms with van der Waals surface area (Å²) in [6.07, 6.45) is -2.07. The van der Waals surface area contributed by atoms with Crippen molar-refractivity contribution < 1.29 is 57.9 Å². The Morgan fingerprint density at radius 3 is 2.04 bits per heavy atom. The number of hydrogen-bond acceptors (Lipinski definition) is 13. The number of aromatic nitrogens is 1. The molecule has 0 aliphatic carbocycles. The maximum absolute atomic E-state index is 13.2. The zero-order valence-corrected chi connectivity index (χ0v) is 30.9. The van der Waals surface area contributed by atoms with Crippen LogP contribution in [0.15, 0.2) is 42.6 Å². The number of carbonyl (C=O) groups excluding carboxylic acids is 4. The molecule has 282 valence electrons. The molecule has 1 aromatic carbocycles. The van der Waals surface area contributed by atoms with E-state index in [2.05, 4.69) is 10.3 Å². The van der Waals surface area contributed by atoms with Gasteiger partial charge in [-0.25, -0.2) is 0 Å². The molecule has 3 N–H and O–H groups in total. The minimum atomic E-state index is -4.52. The summed E-state index contributed by atoms with van der Waals surface area (Å²) >= 11 is 0. The number of nitrogens with zero attached hydrogens (tertiary/aromatic N) is 5. The van der Waals surface area contributed by atoms with Crippen LogP contribution >= 0.6 is 0 Å². The van der Waals surface area contributed by atoms with Gasteiger partial charge in [0.2, 0.25) is 0 Å². The predicted molar refractivity (Wildman–Crippen MR) is 176 cm³/mol. The van der Waals surface area contributed by atoms with Crippen LogP contribution in [0.4, 0.5) is 13.2 Å². The summed E-state index contributed by atoms with van der Waals surface area (Å²) < 4.78 is 39.6. The average Bonchev–Trinajstić information content (AvgIpc) is 3.04. The van der Waals surface area contributed by atoms with Crippen molar-refractivity contribution in [2.75, 3.05) is 78.5 Å². The van der Waals surface area contributed by atoms with E-state index in [-0.39, 0.29) is 121 Å². The molecule has 2 aromatic rings. The Labute approximate surface area is 312 Å². The van der Waals surface area contributed by atoms with Crippen LogP contribution in [0, 0.1) is 0 Å². The van der Waals surface area contributed by atoms with Crippen LogP contribution in [-0.4, -0.2) is 170 Å². The van der Waals surface area contributed by atoms with Gasteiger partial charge in [0, 0.05) is 84.6 Å². The largest absolute Gasteiger partial charge is 3.00 e. The van der Waals surface area contributed by atoms with Crippen molar-refractivity contribution in [2.24, 2.45) is 0 Å². The molecular formula is C33H42F3GaN6O9. The second kappa shape index (κ2) is 22.9. The van der Waals surface area contributed by atoms with Crippen molar-refractivity contribution in [3.05, 3.63) is 65.0 Å². The second-order valence-electron chi connectivity index (χ2n) is 11.9. The first-order chi connectivity index (χ1) is 23.8. The van der Waals surface area contributed by atoms with Crippen molar-refractivity contribution in [3.63, 3.8) is 0 Å². The third kappa shape index (κ3) is 15.8. The van der Waals surface area contributed by atoms with E-state index in [0.717, 1.165) is 12.1 Å². The normalized spacial score (nSPS) is 16.2. The molecule has 0 radical (unpaired) electrons. The van der Waals surface area contributed by atoms with Gasteiger partial charge in [0.25, 0.3) is 5.91 Å². The van der Waals surface area contributed by atoms with Gasteiger partial charge in [-0.3, -0.25) is 34.2 Å². The van der Waals surface area contributed by atoms with Gasteiger partial charge in [0.1, 0.15) is 12.3 Å². The Morgan fingerprint density at radius 1 is 0.904 bits per heavy atom. The maximum atomic E-state index is 13.2. The van der Waals surface area contributed by atoms with Crippen LogP contribution in [0.5, 0.6) is 0 Å². The van der Waals surface area contributed by atoms with E-state index in [1.807, 2.05) is 0 Å². The van der Waals surface area contributed by atoms with E-state index >= 15 is 0 Å². The van der Waals surface area contributed by atoms with Crippen molar-refractivity contribution in [1.29, 1.82) is 0 Å². The molecule has 52 heavy (non-hydrogen) atoms. The number of aliphatic carboxylic acids is 3. The molecule has 1 atom stereocenters. The number of aldehydes is 1. The smallest absolute Gasteiger partial charge is 0.870 e. The number of hydrogen-bond donors (Lipinski definition) is 2. The van der Waals surface area contributed by atoms with Crippen molar-refractivity contribution in [2.45, 2.75) is 31.5 Å². The first kappa shape index (κ1) is 46.2. The standard InChI is InChI=1S/C33H43F3N6O8.Ga.H2O/c34-33(35,36)25-5-1-4-24(20-25)21-27-26(6-2-8-37-27)31(48)38-9-3-7-28(32(49)50)42-16-14-39(18-19-43)10-11-40(22-29(44)45)12-13-41(15-17-42)23-30(46)47;;/h1-2,4-6,8,19-20,28H,3,7,9-18,21-23H2,(H,38,48)(H,44,45)(H,46,47)(H,49,50);;1H2/q;+3;/p-3. The third-order valence-corrected chi connectivity index (χ3v) is 8.34. The Hall–Kier alpha value is -3.85. The second-order valence-corrected chi connectivity index (χ2v) is 11.9. The van der Waals surface area contributed by atoms with Gasteiger partial charge in [-0.2, -0.15) is 13.2 Å². The molecule has 19 heteroatoms. The number of alkyl halides is 3. The molecule has 0 bridgehead atoms. The van der Waals surface area contributed by atoms with Crippen molar-refractivity contribution in [3.8, 4) is 0 Å². The molecule has 0 spiro atoms. The number of carboxylic acids is 3. The predicted octanol–water partition coefficient (Wildman–Crippen LogP) is -1.98. The van der Waals surface area contributed by atoms with Crippen molar-refractivity contribution in [1.82, 2.24) is 29.9 Å². The Morgan fingerprint density at radius 2 is 1.48 bits per heavy atom. The molecule has 2 heterocycles. The number of halogens is 3. The fraction of sp³-hybridized carbons (Fsp3) is 0.515. The molecule has 0 saturated carbocycles. The molecule has 1 aliphatic heterocycles. The molecule has 15 nitrogen and oxygen atoms in total. The minimum Gasteiger partial charge on any atom is -0.870 e. The number of carboxylic acid groups (broad SMARTS) is 3. The van der Waals surface area contributed by atoms with Crippen LogP contribution in [0.25, 0.3) is 0 Å². The number of nitrogens with one attached hydrogen (secondary N) is 1. The molecule has 1 aliphatic rings. The number of amides is 1. The minimum absolute atomic E-state index is 0.